The molecule has 24 heavy (non-hydrogen) atoms. The maximum Gasteiger partial charge on any atom is 0.417 e. The van der Waals surface area contributed by atoms with Gasteiger partial charge in [0.1, 0.15) is 12.0 Å². The Morgan fingerprint density at radius 3 is 2.71 bits per heavy atom. The van der Waals surface area contributed by atoms with Crippen LogP contribution in [0.5, 0.6) is 0 Å². The molecule has 0 saturated heterocycles. The normalized spacial score (nSPS) is 12.2. The molecule has 0 aliphatic carbocycles. The summed E-state index contributed by atoms with van der Waals surface area (Å²) in [5, 5.41) is 3.84. The highest BCUT2D eigenvalue weighted by molar-refractivity contribution is 6.33. The highest BCUT2D eigenvalue weighted by Gasteiger charge is 2.32. The number of hydrogen-bond acceptors (Lipinski definition) is 5. The fourth-order valence-corrected chi connectivity index (χ4v) is 2.27. The number of pyridine rings is 1. The molecule has 0 aliphatic rings. The van der Waals surface area contributed by atoms with Gasteiger partial charge in [-0.3, -0.25) is 4.98 Å². The van der Waals surface area contributed by atoms with E-state index in [-0.39, 0.29) is 16.5 Å². The van der Waals surface area contributed by atoms with E-state index in [9.17, 15) is 13.2 Å². The zero-order chi connectivity index (χ0) is 17.3. The van der Waals surface area contributed by atoms with Crippen LogP contribution in [0.3, 0.4) is 0 Å². The van der Waals surface area contributed by atoms with Crippen LogP contribution in [0.4, 0.5) is 13.2 Å². The Hall–Kier alpha value is -2.68. The quantitative estimate of drug-likeness (QED) is 0.673. The van der Waals surface area contributed by atoms with Crippen molar-refractivity contribution in [1.29, 1.82) is 0 Å². The number of methoxy groups -OCH3 is 1. The van der Waals surface area contributed by atoms with Gasteiger partial charge in [-0.25, -0.2) is 4.98 Å². The molecule has 0 saturated carbocycles. The Kier molecular flexibility index (Phi) is 4.10. The third kappa shape index (κ3) is 3.02. The highest BCUT2D eigenvalue weighted by Crippen LogP contribution is 2.34. The lowest BCUT2D eigenvalue weighted by Crippen LogP contribution is -2.07. The maximum atomic E-state index is 12.7. The first-order valence-corrected chi connectivity index (χ1v) is 6.91. The molecule has 3 heterocycles. The van der Waals surface area contributed by atoms with Crippen molar-refractivity contribution < 1.29 is 17.9 Å². The van der Waals surface area contributed by atoms with Gasteiger partial charge in [0, 0.05) is 6.20 Å². The zero-order valence-corrected chi connectivity index (χ0v) is 12.9. The van der Waals surface area contributed by atoms with Crippen LogP contribution in [0.15, 0.2) is 30.9 Å². The van der Waals surface area contributed by atoms with Gasteiger partial charge in [0.2, 0.25) is 0 Å². The van der Waals surface area contributed by atoms with Crippen LogP contribution in [0.2, 0.25) is 5.02 Å². The van der Waals surface area contributed by atoms with Crippen molar-refractivity contribution in [2.75, 3.05) is 7.11 Å². The van der Waals surface area contributed by atoms with E-state index in [1.807, 2.05) is 0 Å². The average Bonchev–Trinajstić information content (AvgIpc) is 2.99. The summed E-state index contributed by atoms with van der Waals surface area (Å²) in [7, 11) is 1.47. The lowest BCUT2D eigenvalue weighted by molar-refractivity contribution is -0.137. The van der Waals surface area contributed by atoms with Gasteiger partial charge in [-0.1, -0.05) is 11.6 Å². The smallest absolute Gasteiger partial charge is 0.417 e. The molecule has 0 amide bonds. The first kappa shape index (κ1) is 16.2. The SMILES string of the molecule is COC=Cc1cc(-c2ncc(C(F)(F)F)cc2Cl)n2ncnc2n1. The fourth-order valence-electron chi connectivity index (χ4n) is 2.00. The summed E-state index contributed by atoms with van der Waals surface area (Å²) in [5.74, 6) is 0.251. The van der Waals surface area contributed by atoms with Crippen molar-refractivity contribution in [2.24, 2.45) is 0 Å². The third-order valence-electron chi connectivity index (χ3n) is 3.06. The van der Waals surface area contributed by atoms with E-state index in [1.165, 1.54) is 24.2 Å². The number of fused-ring (bicyclic) bond motifs is 1. The van der Waals surface area contributed by atoms with Gasteiger partial charge in [-0.05, 0) is 18.2 Å². The summed E-state index contributed by atoms with van der Waals surface area (Å²) >= 11 is 6.01. The third-order valence-corrected chi connectivity index (χ3v) is 3.35. The van der Waals surface area contributed by atoms with E-state index >= 15 is 0 Å². The number of aromatic nitrogens is 5. The Morgan fingerprint density at radius 2 is 2.04 bits per heavy atom. The number of ether oxygens (including phenoxy) is 1. The van der Waals surface area contributed by atoms with Gasteiger partial charge in [-0.15, -0.1) is 0 Å². The second-order valence-corrected chi connectivity index (χ2v) is 5.04. The average molecular weight is 356 g/mol. The van der Waals surface area contributed by atoms with Crippen molar-refractivity contribution in [3.8, 4) is 11.4 Å². The minimum atomic E-state index is -4.53. The number of nitrogens with zero attached hydrogens (tertiary/aromatic N) is 5. The summed E-state index contributed by atoms with van der Waals surface area (Å²) in [4.78, 5) is 12.0. The molecular formula is C14H9ClF3N5O. The van der Waals surface area contributed by atoms with Crippen molar-refractivity contribution in [3.05, 3.63) is 47.2 Å². The molecular weight excluding hydrogens is 347 g/mol. The first-order valence-electron chi connectivity index (χ1n) is 6.53. The lowest BCUT2D eigenvalue weighted by atomic mass is 10.2. The molecule has 0 unspecified atom stereocenters. The van der Waals surface area contributed by atoms with E-state index in [4.69, 9.17) is 16.3 Å². The Morgan fingerprint density at radius 1 is 1.25 bits per heavy atom. The summed E-state index contributed by atoms with van der Waals surface area (Å²) in [6.07, 6.45) is 0.433. The molecule has 0 N–H and O–H groups in total. The van der Waals surface area contributed by atoms with Gasteiger partial charge in [0.15, 0.2) is 0 Å². The summed E-state index contributed by atoms with van der Waals surface area (Å²) < 4.78 is 44.4. The van der Waals surface area contributed by atoms with Crippen molar-refractivity contribution in [2.45, 2.75) is 6.18 Å². The predicted octanol–water partition coefficient (Wildman–Crippen LogP) is 3.48. The molecule has 0 bridgehead atoms. The number of halogens is 4. The maximum absolute atomic E-state index is 12.7. The van der Waals surface area contributed by atoms with E-state index in [2.05, 4.69) is 20.1 Å². The van der Waals surface area contributed by atoms with Crippen LogP contribution >= 0.6 is 11.6 Å². The Labute approximate surface area is 138 Å². The van der Waals surface area contributed by atoms with E-state index in [1.54, 1.807) is 12.1 Å². The minimum Gasteiger partial charge on any atom is -0.504 e. The number of hydrogen-bond donors (Lipinski definition) is 0. The Bertz CT molecular complexity index is 922. The van der Waals surface area contributed by atoms with Gasteiger partial charge < -0.3 is 4.74 Å². The minimum absolute atomic E-state index is 0.134. The molecule has 0 fully saturated rings. The summed E-state index contributed by atoms with van der Waals surface area (Å²) in [6, 6.07) is 2.39. The molecule has 0 atom stereocenters. The van der Waals surface area contributed by atoms with Gasteiger partial charge in [0.05, 0.1) is 35.3 Å². The molecule has 0 aromatic carbocycles. The van der Waals surface area contributed by atoms with Crippen LogP contribution in [0.1, 0.15) is 11.3 Å². The molecule has 6 nitrogen and oxygen atoms in total. The summed E-state index contributed by atoms with van der Waals surface area (Å²) in [6.45, 7) is 0. The topological polar surface area (TPSA) is 65.2 Å². The molecule has 10 heteroatoms. The lowest BCUT2D eigenvalue weighted by Gasteiger charge is -2.10. The van der Waals surface area contributed by atoms with Gasteiger partial charge in [0.25, 0.3) is 5.78 Å². The molecule has 3 aromatic rings. The molecule has 0 radical (unpaired) electrons. The Balaban J connectivity index is 2.18. The van der Waals surface area contributed by atoms with E-state index in [0.717, 1.165) is 12.3 Å². The van der Waals surface area contributed by atoms with Gasteiger partial charge in [-0.2, -0.15) is 27.8 Å². The highest BCUT2D eigenvalue weighted by atomic mass is 35.5. The number of rotatable bonds is 3. The van der Waals surface area contributed by atoms with Crippen molar-refractivity contribution in [3.63, 3.8) is 0 Å². The number of alkyl halides is 3. The molecule has 0 spiro atoms. The monoisotopic (exact) mass is 355 g/mol. The first-order chi connectivity index (χ1) is 11.4. The predicted molar refractivity (Wildman–Crippen MR) is 80.1 cm³/mol. The van der Waals surface area contributed by atoms with Crippen LogP contribution in [-0.2, 0) is 10.9 Å². The second-order valence-electron chi connectivity index (χ2n) is 4.63. The van der Waals surface area contributed by atoms with Crippen molar-refractivity contribution in [1.82, 2.24) is 24.6 Å². The standard InChI is InChI=1S/C14H9ClF3N5O/c1-24-3-2-9-5-11(23-13(22-9)20-7-21-23)12-10(15)4-8(6-19-12)14(16,17)18/h2-7H,1H3. The molecule has 0 aliphatic heterocycles. The van der Waals surface area contributed by atoms with Crippen molar-refractivity contribution >= 4 is 23.5 Å². The zero-order valence-electron chi connectivity index (χ0n) is 12.1. The molecule has 3 rings (SSSR count). The van der Waals surface area contributed by atoms with E-state index in [0.29, 0.717) is 11.4 Å². The molecule has 3 aromatic heterocycles. The van der Waals surface area contributed by atoms with Crippen LogP contribution < -0.4 is 0 Å². The summed E-state index contributed by atoms with van der Waals surface area (Å²) in [5.41, 5.74) is 0.0198. The van der Waals surface area contributed by atoms with Gasteiger partial charge >= 0.3 is 6.18 Å². The second kappa shape index (κ2) is 6.08. The fraction of sp³-hybridized carbons (Fsp3) is 0.143. The van der Waals surface area contributed by atoms with Crippen LogP contribution in [-0.4, -0.2) is 31.7 Å². The van der Waals surface area contributed by atoms with E-state index < -0.39 is 11.7 Å². The molecule has 124 valence electrons. The van der Waals surface area contributed by atoms with Crippen LogP contribution in [0, 0.1) is 0 Å². The largest absolute Gasteiger partial charge is 0.504 e. The van der Waals surface area contributed by atoms with Crippen LogP contribution in [0.25, 0.3) is 23.2 Å².